The second kappa shape index (κ2) is 6.06. The second-order valence-corrected chi connectivity index (χ2v) is 4.11. The Bertz CT molecular complexity index is 187. The van der Waals surface area contributed by atoms with E-state index in [9.17, 15) is 0 Å². The SMILES string of the molecule is C#CC(C)N1CCC(NCCC)CC1. The van der Waals surface area contributed by atoms with Crippen molar-refractivity contribution in [2.45, 2.75) is 45.2 Å². The molecule has 0 aromatic heterocycles. The molecule has 0 aromatic carbocycles. The minimum absolute atomic E-state index is 0.308. The van der Waals surface area contributed by atoms with Crippen molar-refractivity contribution in [2.24, 2.45) is 0 Å². The van der Waals surface area contributed by atoms with Crippen molar-refractivity contribution in [3.63, 3.8) is 0 Å². The average Bonchev–Trinajstić information content (AvgIpc) is 2.26. The summed E-state index contributed by atoms with van der Waals surface area (Å²) in [7, 11) is 0. The molecular formula is C12H22N2. The van der Waals surface area contributed by atoms with E-state index >= 15 is 0 Å². The third kappa shape index (κ3) is 3.32. The number of piperidine rings is 1. The van der Waals surface area contributed by atoms with Crippen molar-refractivity contribution in [2.75, 3.05) is 19.6 Å². The lowest BCUT2D eigenvalue weighted by atomic mass is 10.0. The Morgan fingerprint density at radius 2 is 2.14 bits per heavy atom. The smallest absolute Gasteiger partial charge is 0.0683 e. The first kappa shape index (κ1) is 11.6. The number of terminal acetylenes is 1. The van der Waals surface area contributed by atoms with Crippen LogP contribution in [0.5, 0.6) is 0 Å². The maximum Gasteiger partial charge on any atom is 0.0683 e. The van der Waals surface area contributed by atoms with Gasteiger partial charge in [-0.15, -0.1) is 6.42 Å². The first-order valence-electron chi connectivity index (χ1n) is 5.71. The zero-order valence-electron chi connectivity index (χ0n) is 9.42. The summed E-state index contributed by atoms with van der Waals surface area (Å²) in [6.07, 6.45) is 9.12. The van der Waals surface area contributed by atoms with Crippen LogP contribution in [0.3, 0.4) is 0 Å². The molecule has 2 heteroatoms. The molecule has 0 amide bonds. The molecule has 1 saturated heterocycles. The molecule has 2 nitrogen and oxygen atoms in total. The Balaban J connectivity index is 2.21. The molecule has 1 rings (SSSR count). The molecule has 0 bridgehead atoms. The highest BCUT2D eigenvalue weighted by molar-refractivity contribution is 4.98. The van der Waals surface area contributed by atoms with Crippen molar-refractivity contribution in [3.8, 4) is 12.3 Å². The summed E-state index contributed by atoms with van der Waals surface area (Å²) < 4.78 is 0. The van der Waals surface area contributed by atoms with E-state index < -0.39 is 0 Å². The third-order valence-electron chi connectivity index (χ3n) is 3.00. The van der Waals surface area contributed by atoms with Gasteiger partial charge in [-0.3, -0.25) is 4.90 Å². The summed E-state index contributed by atoms with van der Waals surface area (Å²) in [5.41, 5.74) is 0. The minimum atomic E-state index is 0.308. The number of nitrogens with one attached hydrogen (secondary N) is 1. The zero-order valence-corrected chi connectivity index (χ0v) is 9.42. The molecule has 14 heavy (non-hydrogen) atoms. The predicted molar refractivity (Wildman–Crippen MR) is 61.2 cm³/mol. The van der Waals surface area contributed by atoms with Gasteiger partial charge in [0.15, 0.2) is 0 Å². The van der Waals surface area contributed by atoms with Gasteiger partial charge in [0.25, 0.3) is 0 Å². The summed E-state index contributed by atoms with van der Waals surface area (Å²) >= 11 is 0. The first-order valence-corrected chi connectivity index (χ1v) is 5.71. The molecule has 1 atom stereocenters. The van der Waals surface area contributed by atoms with E-state index in [1.54, 1.807) is 0 Å². The Kier molecular flexibility index (Phi) is 5.00. The standard InChI is InChI=1S/C12H22N2/c1-4-8-13-12-6-9-14(10-7-12)11(3)5-2/h2,11-13H,4,6-10H2,1,3H3. The molecule has 1 N–H and O–H groups in total. The van der Waals surface area contributed by atoms with Crippen LogP contribution in [0.1, 0.15) is 33.1 Å². The van der Waals surface area contributed by atoms with Crippen LogP contribution in [0.25, 0.3) is 0 Å². The molecule has 0 aromatic rings. The molecule has 0 spiro atoms. The van der Waals surface area contributed by atoms with Crippen LogP contribution in [-0.4, -0.2) is 36.6 Å². The summed E-state index contributed by atoms with van der Waals surface area (Å²) in [5, 5.41) is 3.57. The number of rotatable bonds is 4. The Hall–Kier alpha value is -0.520. The van der Waals surface area contributed by atoms with Gasteiger partial charge in [-0.2, -0.15) is 0 Å². The number of nitrogens with zero attached hydrogens (tertiary/aromatic N) is 1. The average molecular weight is 194 g/mol. The predicted octanol–water partition coefficient (Wildman–Crippen LogP) is 1.47. The van der Waals surface area contributed by atoms with E-state index in [1.807, 2.05) is 0 Å². The van der Waals surface area contributed by atoms with Gasteiger partial charge in [0.1, 0.15) is 0 Å². The van der Waals surface area contributed by atoms with E-state index in [4.69, 9.17) is 6.42 Å². The normalized spacial score (nSPS) is 21.8. The van der Waals surface area contributed by atoms with Crippen LogP contribution in [0.15, 0.2) is 0 Å². The van der Waals surface area contributed by atoms with Crippen molar-refractivity contribution >= 4 is 0 Å². The first-order chi connectivity index (χ1) is 6.77. The Morgan fingerprint density at radius 3 is 2.64 bits per heavy atom. The summed E-state index contributed by atoms with van der Waals surface area (Å²) in [5.74, 6) is 2.80. The largest absolute Gasteiger partial charge is 0.314 e. The van der Waals surface area contributed by atoms with Gasteiger partial charge in [0.2, 0.25) is 0 Å². The maximum absolute atomic E-state index is 5.41. The Morgan fingerprint density at radius 1 is 1.50 bits per heavy atom. The van der Waals surface area contributed by atoms with Gasteiger partial charge < -0.3 is 5.32 Å². The fraction of sp³-hybridized carbons (Fsp3) is 0.833. The van der Waals surface area contributed by atoms with E-state index in [0.29, 0.717) is 6.04 Å². The Labute approximate surface area is 88.1 Å². The quantitative estimate of drug-likeness (QED) is 0.682. The molecule has 80 valence electrons. The second-order valence-electron chi connectivity index (χ2n) is 4.11. The number of likely N-dealkylation sites (tertiary alicyclic amines) is 1. The maximum atomic E-state index is 5.41. The molecule has 1 aliphatic heterocycles. The van der Waals surface area contributed by atoms with Crippen molar-refractivity contribution in [1.82, 2.24) is 10.2 Å². The van der Waals surface area contributed by atoms with Crippen LogP contribution < -0.4 is 5.32 Å². The highest BCUT2D eigenvalue weighted by Crippen LogP contribution is 2.12. The van der Waals surface area contributed by atoms with Gasteiger partial charge in [-0.25, -0.2) is 0 Å². The fourth-order valence-electron chi connectivity index (χ4n) is 1.94. The minimum Gasteiger partial charge on any atom is -0.314 e. The third-order valence-corrected chi connectivity index (χ3v) is 3.00. The molecule has 1 aliphatic rings. The van der Waals surface area contributed by atoms with Gasteiger partial charge in [-0.05, 0) is 32.7 Å². The molecular weight excluding hydrogens is 172 g/mol. The van der Waals surface area contributed by atoms with E-state index in [0.717, 1.165) is 25.7 Å². The van der Waals surface area contributed by atoms with Crippen LogP contribution in [0.4, 0.5) is 0 Å². The van der Waals surface area contributed by atoms with Gasteiger partial charge in [0, 0.05) is 19.1 Å². The van der Waals surface area contributed by atoms with Crippen LogP contribution in [-0.2, 0) is 0 Å². The highest BCUT2D eigenvalue weighted by atomic mass is 15.2. The van der Waals surface area contributed by atoms with E-state index in [2.05, 4.69) is 30.0 Å². The van der Waals surface area contributed by atoms with Crippen LogP contribution in [0.2, 0.25) is 0 Å². The number of hydrogen-bond donors (Lipinski definition) is 1. The summed E-state index contributed by atoms with van der Waals surface area (Å²) in [6, 6.07) is 1.03. The van der Waals surface area contributed by atoms with E-state index in [-0.39, 0.29) is 0 Å². The molecule has 1 heterocycles. The molecule has 0 saturated carbocycles. The monoisotopic (exact) mass is 194 g/mol. The lowest BCUT2D eigenvalue weighted by Crippen LogP contribution is -2.45. The van der Waals surface area contributed by atoms with Gasteiger partial charge in [-0.1, -0.05) is 12.8 Å². The topological polar surface area (TPSA) is 15.3 Å². The van der Waals surface area contributed by atoms with Gasteiger partial charge >= 0.3 is 0 Å². The highest BCUT2D eigenvalue weighted by Gasteiger charge is 2.20. The summed E-state index contributed by atoms with van der Waals surface area (Å²) in [6.45, 7) is 7.76. The van der Waals surface area contributed by atoms with E-state index in [1.165, 1.54) is 19.3 Å². The lowest BCUT2D eigenvalue weighted by molar-refractivity contribution is 0.179. The number of hydrogen-bond acceptors (Lipinski definition) is 2. The van der Waals surface area contributed by atoms with Crippen LogP contribution in [0, 0.1) is 12.3 Å². The van der Waals surface area contributed by atoms with Crippen molar-refractivity contribution < 1.29 is 0 Å². The van der Waals surface area contributed by atoms with Gasteiger partial charge in [0.05, 0.1) is 6.04 Å². The molecule has 0 radical (unpaired) electrons. The molecule has 0 aliphatic carbocycles. The van der Waals surface area contributed by atoms with Crippen LogP contribution >= 0.6 is 0 Å². The summed E-state index contributed by atoms with van der Waals surface area (Å²) in [4.78, 5) is 2.39. The van der Waals surface area contributed by atoms with Crippen molar-refractivity contribution in [1.29, 1.82) is 0 Å². The molecule has 1 unspecified atom stereocenters. The molecule has 1 fully saturated rings. The van der Waals surface area contributed by atoms with Crippen molar-refractivity contribution in [3.05, 3.63) is 0 Å². The lowest BCUT2D eigenvalue weighted by Gasteiger charge is -2.34. The zero-order chi connectivity index (χ0) is 10.4. The fourth-order valence-corrected chi connectivity index (χ4v) is 1.94.